The van der Waals surface area contributed by atoms with E-state index in [1.807, 2.05) is 27.7 Å². The van der Waals surface area contributed by atoms with E-state index in [0.29, 0.717) is 5.92 Å². The van der Waals surface area contributed by atoms with Gasteiger partial charge in [-0.05, 0) is 33.6 Å². The maximum absolute atomic E-state index is 12.1. The quantitative estimate of drug-likeness (QED) is 0.844. The van der Waals surface area contributed by atoms with Crippen LogP contribution in [0.3, 0.4) is 0 Å². The molecule has 0 radical (unpaired) electrons. The molecule has 0 aliphatic carbocycles. The SMILES string of the molecule is Cc1n[nH]c(C)c1[C@@H](C)C(=O)N[C@@H](C)C(C)C. The van der Waals surface area contributed by atoms with Crippen LogP contribution in [0.4, 0.5) is 0 Å². The minimum atomic E-state index is -0.157. The van der Waals surface area contributed by atoms with Gasteiger partial charge in [-0.2, -0.15) is 5.10 Å². The van der Waals surface area contributed by atoms with Gasteiger partial charge in [0.25, 0.3) is 0 Å². The van der Waals surface area contributed by atoms with Crippen LogP contribution in [-0.2, 0) is 4.79 Å². The van der Waals surface area contributed by atoms with Crippen molar-refractivity contribution < 1.29 is 4.79 Å². The van der Waals surface area contributed by atoms with Crippen molar-refractivity contribution in [1.82, 2.24) is 15.5 Å². The zero-order valence-corrected chi connectivity index (χ0v) is 11.6. The minimum Gasteiger partial charge on any atom is -0.353 e. The first kappa shape index (κ1) is 13.7. The highest BCUT2D eigenvalue weighted by Gasteiger charge is 2.22. The zero-order chi connectivity index (χ0) is 13.2. The number of rotatable bonds is 4. The lowest BCUT2D eigenvalue weighted by atomic mass is 9.97. The van der Waals surface area contributed by atoms with E-state index in [4.69, 9.17) is 0 Å². The third-order valence-electron chi connectivity index (χ3n) is 3.38. The lowest BCUT2D eigenvalue weighted by Crippen LogP contribution is -2.38. The van der Waals surface area contributed by atoms with Crippen LogP contribution in [0.15, 0.2) is 0 Å². The first-order valence-corrected chi connectivity index (χ1v) is 6.16. The zero-order valence-electron chi connectivity index (χ0n) is 11.6. The Labute approximate surface area is 103 Å². The van der Waals surface area contributed by atoms with Crippen LogP contribution < -0.4 is 5.32 Å². The predicted octanol–water partition coefficient (Wildman–Crippen LogP) is 2.29. The second kappa shape index (κ2) is 5.34. The van der Waals surface area contributed by atoms with E-state index in [9.17, 15) is 4.79 Å². The molecular weight excluding hydrogens is 214 g/mol. The molecule has 2 atom stereocenters. The molecule has 0 bridgehead atoms. The summed E-state index contributed by atoms with van der Waals surface area (Å²) in [7, 11) is 0. The molecule has 0 spiro atoms. The highest BCUT2D eigenvalue weighted by molar-refractivity contribution is 5.84. The maximum Gasteiger partial charge on any atom is 0.227 e. The minimum absolute atomic E-state index is 0.0683. The second-order valence-electron chi connectivity index (χ2n) is 5.11. The number of nitrogens with zero attached hydrogens (tertiary/aromatic N) is 1. The molecule has 4 nitrogen and oxygen atoms in total. The monoisotopic (exact) mass is 237 g/mol. The number of aromatic amines is 1. The molecule has 1 heterocycles. The summed E-state index contributed by atoms with van der Waals surface area (Å²) < 4.78 is 0. The number of aromatic nitrogens is 2. The van der Waals surface area contributed by atoms with Crippen molar-refractivity contribution >= 4 is 5.91 Å². The summed E-state index contributed by atoms with van der Waals surface area (Å²) in [6.45, 7) is 12.0. The van der Waals surface area contributed by atoms with E-state index in [-0.39, 0.29) is 17.9 Å². The van der Waals surface area contributed by atoms with Crippen LogP contribution in [-0.4, -0.2) is 22.1 Å². The van der Waals surface area contributed by atoms with Gasteiger partial charge in [-0.15, -0.1) is 0 Å². The lowest BCUT2D eigenvalue weighted by Gasteiger charge is -2.20. The molecule has 1 aromatic rings. The number of hydrogen-bond donors (Lipinski definition) is 2. The Morgan fingerprint density at radius 1 is 1.24 bits per heavy atom. The fourth-order valence-electron chi connectivity index (χ4n) is 1.84. The summed E-state index contributed by atoms with van der Waals surface area (Å²) in [6, 6.07) is 0.192. The molecule has 96 valence electrons. The van der Waals surface area contributed by atoms with Gasteiger partial charge in [0.05, 0.1) is 11.6 Å². The molecule has 0 aromatic carbocycles. The first-order chi connectivity index (χ1) is 7.84. The van der Waals surface area contributed by atoms with Crippen LogP contribution in [0.1, 0.15) is 50.6 Å². The molecule has 0 aliphatic heterocycles. The average Bonchev–Trinajstić information content (AvgIpc) is 2.57. The Morgan fingerprint density at radius 2 is 1.82 bits per heavy atom. The largest absolute Gasteiger partial charge is 0.353 e. The van der Waals surface area contributed by atoms with E-state index in [2.05, 4.69) is 29.4 Å². The summed E-state index contributed by atoms with van der Waals surface area (Å²) in [5.74, 6) is 0.353. The van der Waals surface area contributed by atoms with E-state index < -0.39 is 0 Å². The van der Waals surface area contributed by atoms with Gasteiger partial charge in [0.15, 0.2) is 0 Å². The highest BCUT2D eigenvalue weighted by Crippen LogP contribution is 2.21. The Balaban J connectivity index is 2.77. The van der Waals surface area contributed by atoms with Crippen molar-refractivity contribution in [1.29, 1.82) is 0 Å². The third-order valence-corrected chi connectivity index (χ3v) is 3.38. The number of hydrogen-bond acceptors (Lipinski definition) is 2. The Kier molecular flexibility index (Phi) is 4.32. The fourth-order valence-corrected chi connectivity index (χ4v) is 1.84. The lowest BCUT2D eigenvalue weighted by molar-refractivity contribution is -0.123. The van der Waals surface area contributed by atoms with Crippen LogP contribution in [0, 0.1) is 19.8 Å². The molecular formula is C13H23N3O. The van der Waals surface area contributed by atoms with E-state index in [1.54, 1.807) is 0 Å². The van der Waals surface area contributed by atoms with Crippen molar-refractivity contribution in [3.05, 3.63) is 17.0 Å². The Bertz CT molecular complexity index is 376. The summed E-state index contributed by atoms with van der Waals surface area (Å²) in [5, 5.41) is 10.1. The van der Waals surface area contributed by atoms with E-state index >= 15 is 0 Å². The molecule has 0 fully saturated rings. The summed E-state index contributed by atoms with van der Waals surface area (Å²) in [4.78, 5) is 12.1. The molecule has 0 saturated carbocycles. The van der Waals surface area contributed by atoms with Gasteiger partial charge >= 0.3 is 0 Å². The Morgan fingerprint density at radius 3 is 2.24 bits per heavy atom. The normalized spacial score (nSPS) is 14.8. The molecule has 0 aliphatic rings. The van der Waals surface area contributed by atoms with Crippen molar-refractivity contribution in [3.8, 4) is 0 Å². The number of H-pyrrole nitrogens is 1. The highest BCUT2D eigenvalue weighted by atomic mass is 16.1. The van der Waals surface area contributed by atoms with Crippen molar-refractivity contribution in [2.45, 2.75) is 53.5 Å². The van der Waals surface area contributed by atoms with Gasteiger partial charge in [-0.3, -0.25) is 9.89 Å². The predicted molar refractivity (Wildman–Crippen MR) is 68.9 cm³/mol. The molecule has 0 unspecified atom stereocenters. The molecule has 1 aromatic heterocycles. The summed E-state index contributed by atoms with van der Waals surface area (Å²) >= 11 is 0. The van der Waals surface area contributed by atoms with Crippen molar-refractivity contribution in [2.24, 2.45) is 5.92 Å². The smallest absolute Gasteiger partial charge is 0.227 e. The average molecular weight is 237 g/mol. The van der Waals surface area contributed by atoms with Gasteiger partial charge in [0.1, 0.15) is 0 Å². The van der Waals surface area contributed by atoms with Gasteiger partial charge < -0.3 is 5.32 Å². The van der Waals surface area contributed by atoms with Crippen molar-refractivity contribution in [2.75, 3.05) is 0 Å². The van der Waals surface area contributed by atoms with Gasteiger partial charge in [0.2, 0.25) is 5.91 Å². The summed E-state index contributed by atoms with van der Waals surface area (Å²) in [6.07, 6.45) is 0. The van der Waals surface area contributed by atoms with Crippen LogP contribution in [0.5, 0.6) is 0 Å². The number of aryl methyl sites for hydroxylation is 2. The maximum atomic E-state index is 12.1. The molecule has 0 saturated heterocycles. The fraction of sp³-hybridized carbons (Fsp3) is 0.692. The topological polar surface area (TPSA) is 57.8 Å². The molecule has 17 heavy (non-hydrogen) atoms. The molecule has 4 heteroatoms. The number of amides is 1. The first-order valence-electron chi connectivity index (χ1n) is 6.16. The van der Waals surface area contributed by atoms with Gasteiger partial charge in [-0.1, -0.05) is 13.8 Å². The van der Waals surface area contributed by atoms with Gasteiger partial charge in [-0.25, -0.2) is 0 Å². The number of carbonyl (C=O) groups excluding carboxylic acids is 1. The molecule has 2 N–H and O–H groups in total. The van der Waals surface area contributed by atoms with Crippen molar-refractivity contribution in [3.63, 3.8) is 0 Å². The van der Waals surface area contributed by atoms with E-state index in [1.165, 1.54) is 0 Å². The van der Waals surface area contributed by atoms with Gasteiger partial charge in [0, 0.05) is 17.3 Å². The van der Waals surface area contributed by atoms with Crippen LogP contribution >= 0.6 is 0 Å². The summed E-state index contributed by atoms with van der Waals surface area (Å²) in [5.41, 5.74) is 2.89. The molecule has 1 rings (SSSR count). The van der Waals surface area contributed by atoms with Crippen LogP contribution in [0.25, 0.3) is 0 Å². The third kappa shape index (κ3) is 3.08. The molecule has 1 amide bonds. The van der Waals surface area contributed by atoms with Crippen LogP contribution in [0.2, 0.25) is 0 Å². The number of carbonyl (C=O) groups is 1. The second-order valence-corrected chi connectivity index (χ2v) is 5.11. The standard InChI is InChI=1S/C13H23N3O/c1-7(2)9(4)14-13(17)8(3)12-10(5)15-16-11(12)6/h7-9H,1-6H3,(H,14,17)(H,15,16)/t8-,9+/m1/s1. The number of nitrogens with one attached hydrogen (secondary N) is 2. The van der Waals surface area contributed by atoms with E-state index in [0.717, 1.165) is 17.0 Å². The Hall–Kier alpha value is -1.32.